The molecule has 3 heteroatoms. The first-order valence-electron chi connectivity index (χ1n) is 6.36. The highest BCUT2D eigenvalue weighted by atomic mass is 16.5. The Bertz CT molecular complexity index is 342. The van der Waals surface area contributed by atoms with Crippen LogP contribution in [0.2, 0.25) is 0 Å². The van der Waals surface area contributed by atoms with Crippen molar-refractivity contribution >= 4 is 5.69 Å². The van der Waals surface area contributed by atoms with Gasteiger partial charge in [0.05, 0.1) is 13.2 Å². The molecule has 1 fully saturated rings. The number of ether oxygens (including phenoxy) is 1. The molecule has 0 amide bonds. The van der Waals surface area contributed by atoms with Crippen molar-refractivity contribution in [2.45, 2.75) is 25.8 Å². The van der Waals surface area contributed by atoms with Crippen molar-refractivity contribution in [2.75, 3.05) is 31.2 Å². The Balaban J connectivity index is 2.06. The van der Waals surface area contributed by atoms with Gasteiger partial charge < -0.3 is 15.4 Å². The number of rotatable bonds is 3. The molecule has 1 aliphatic rings. The topological polar surface area (TPSA) is 38.5 Å². The summed E-state index contributed by atoms with van der Waals surface area (Å²) in [5, 5.41) is 0. The number of morpholine rings is 1. The first-order valence-corrected chi connectivity index (χ1v) is 6.36. The summed E-state index contributed by atoms with van der Waals surface area (Å²) >= 11 is 0. The third kappa shape index (κ3) is 2.99. The van der Waals surface area contributed by atoms with Crippen LogP contribution in [0.1, 0.15) is 25.3 Å². The Kier molecular flexibility index (Phi) is 4.02. The molecule has 2 rings (SSSR count). The van der Waals surface area contributed by atoms with Gasteiger partial charge in [0, 0.05) is 24.8 Å². The molecule has 1 heterocycles. The van der Waals surface area contributed by atoms with Gasteiger partial charge in [-0.25, -0.2) is 0 Å². The first-order chi connectivity index (χ1) is 8.18. The highest BCUT2D eigenvalue weighted by Crippen LogP contribution is 2.22. The van der Waals surface area contributed by atoms with Crippen LogP contribution in [0.25, 0.3) is 0 Å². The molecule has 2 unspecified atom stereocenters. The summed E-state index contributed by atoms with van der Waals surface area (Å²) in [7, 11) is 0. The Morgan fingerprint density at radius 1 is 1.12 bits per heavy atom. The monoisotopic (exact) mass is 234 g/mol. The summed E-state index contributed by atoms with van der Waals surface area (Å²) in [4.78, 5) is 2.36. The van der Waals surface area contributed by atoms with E-state index in [1.807, 2.05) is 0 Å². The van der Waals surface area contributed by atoms with Crippen molar-refractivity contribution in [1.29, 1.82) is 0 Å². The Hall–Kier alpha value is -1.06. The third-order valence-electron chi connectivity index (χ3n) is 3.58. The van der Waals surface area contributed by atoms with Crippen LogP contribution >= 0.6 is 0 Å². The van der Waals surface area contributed by atoms with Gasteiger partial charge in [-0.1, -0.05) is 19.1 Å². The molecule has 0 saturated carbocycles. The molecule has 2 N–H and O–H groups in total. The maximum Gasteiger partial charge on any atom is 0.0642 e. The Morgan fingerprint density at radius 2 is 1.71 bits per heavy atom. The van der Waals surface area contributed by atoms with Crippen LogP contribution < -0.4 is 10.6 Å². The van der Waals surface area contributed by atoms with E-state index in [2.05, 4.69) is 43.0 Å². The van der Waals surface area contributed by atoms with Crippen LogP contribution in [0.5, 0.6) is 0 Å². The summed E-state index contributed by atoms with van der Waals surface area (Å²) in [6.45, 7) is 7.87. The van der Waals surface area contributed by atoms with Gasteiger partial charge in [0.1, 0.15) is 0 Å². The number of hydrogen-bond acceptors (Lipinski definition) is 3. The van der Waals surface area contributed by atoms with Gasteiger partial charge in [-0.2, -0.15) is 0 Å². The molecule has 0 aliphatic carbocycles. The minimum absolute atomic E-state index is 0.198. The van der Waals surface area contributed by atoms with Crippen LogP contribution in [-0.2, 0) is 4.74 Å². The molecular weight excluding hydrogens is 212 g/mol. The minimum Gasteiger partial charge on any atom is -0.378 e. The van der Waals surface area contributed by atoms with Gasteiger partial charge in [-0.15, -0.1) is 0 Å². The van der Waals surface area contributed by atoms with E-state index in [-0.39, 0.29) is 6.04 Å². The van der Waals surface area contributed by atoms with Gasteiger partial charge in [-0.3, -0.25) is 0 Å². The van der Waals surface area contributed by atoms with Gasteiger partial charge in [0.25, 0.3) is 0 Å². The van der Waals surface area contributed by atoms with Crippen molar-refractivity contribution in [3.05, 3.63) is 29.8 Å². The second-order valence-corrected chi connectivity index (χ2v) is 4.84. The fraction of sp³-hybridized carbons (Fsp3) is 0.571. The van der Waals surface area contributed by atoms with Crippen molar-refractivity contribution in [3.63, 3.8) is 0 Å². The maximum atomic E-state index is 5.92. The quantitative estimate of drug-likeness (QED) is 0.869. The molecule has 1 aromatic rings. The van der Waals surface area contributed by atoms with E-state index in [0.29, 0.717) is 5.92 Å². The van der Waals surface area contributed by atoms with Gasteiger partial charge in [0.2, 0.25) is 0 Å². The lowest BCUT2D eigenvalue weighted by atomic mass is 9.95. The smallest absolute Gasteiger partial charge is 0.0642 e. The van der Waals surface area contributed by atoms with Crippen LogP contribution in [0.4, 0.5) is 5.69 Å². The zero-order chi connectivity index (χ0) is 12.3. The molecule has 3 nitrogen and oxygen atoms in total. The molecule has 0 radical (unpaired) electrons. The maximum absolute atomic E-state index is 5.92. The largest absolute Gasteiger partial charge is 0.378 e. The van der Waals surface area contributed by atoms with Crippen molar-refractivity contribution in [2.24, 2.45) is 5.73 Å². The number of benzene rings is 1. The SMILES string of the molecule is CC(N)C(C)c1ccc(N2CCOCC2)cc1. The Labute approximate surface area is 104 Å². The van der Waals surface area contributed by atoms with Crippen molar-refractivity contribution in [3.8, 4) is 0 Å². The summed E-state index contributed by atoms with van der Waals surface area (Å²) in [6, 6.07) is 8.97. The number of hydrogen-bond donors (Lipinski definition) is 1. The molecular formula is C14H22N2O. The van der Waals surface area contributed by atoms with Crippen LogP contribution in [0, 0.1) is 0 Å². The number of nitrogens with two attached hydrogens (primary N) is 1. The van der Waals surface area contributed by atoms with Crippen molar-refractivity contribution in [1.82, 2.24) is 0 Å². The second kappa shape index (κ2) is 5.52. The molecule has 17 heavy (non-hydrogen) atoms. The van der Waals surface area contributed by atoms with E-state index in [1.54, 1.807) is 0 Å². The predicted molar refractivity (Wildman–Crippen MR) is 71.5 cm³/mol. The number of anilines is 1. The minimum atomic E-state index is 0.198. The van der Waals surface area contributed by atoms with Crippen LogP contribution in [-0.4, -0.2) is 32.3 Å². The molecule has 1 aromatic carbocycles. The molecule has 0 spiro atoms. The van der Waals surface area contributed by atoms with E-state index in [1.165, 1.54) is 11.3 Å². The lowest BCUT2D eigenvalue weighted by Gasteiger charge is -2.29. The average molecular weight is 234 g/mol. The highest BCUT2D eigenvalue weighted by Gasteiger charge is 2.13. The zero-order valence-corrected chi connectivity index (χ0v) is 10.7. The summed E-state index contributed by atoms with van der Waals surface area (Å²) < 4.78 is 5.36. The molecule has 1 aliphatic heterocycles. The fourth-order valence-electron chi connectivity index (χ4n) is 2.11. The first kappa shape index (κ1) is 12.4. The summed E-state index contributed by atoms with van der Waals surface area (Å²) in [5.41, 5.74) is 8.52. The predicted octanol–water partition coefficient (Wildman–Crippen LogP) is 1.97. The number of nitrogens with zero attached hydrogens (tertiary/aromatic N) is 1. The Morgan fingerprint density at radius 3 is 2.24 bits per heavy atom. The molecule has 0 bridgehead atoms. The van der Waals surface area contributed by atoms with Crippen molar-refractivity contribution < 1.29 is 4.74 Å². The van der Waals surface area contributed by atoms with Crippen LogP contribution in [0.3, 0.4) is 0 Å². The second-order valence-electron chi connectivity index (χ2n) is 4.84. The van der Waals surface area contributed by atoms with Gasteiger partial charge in [0.15, 0.2) is 0 Å². The lowest BCUT2D eigenvalue weighted by molar-refractivity contribution is 0.122. The summed E-state index contributed by atoms with van der Waals surface area (Å²) in [6.07, 6.45) is 0. The molecule has 1 saturated heterocycles. The molecule has 94 valence electrons. The standard InChI is InChI=1S/C14H22N2O/c1-11(12(2)15)13-3-5-14(6-4-13)16-7-9-17-10-8-16/h3-6,11-12H,7-10,15H2,1-2H3. The van der Waals surface area contributed by atoms with E-state index >= 15 is 0 Å². The van der Waals surface area contributed by atoms with Gasteiger partial charge in [-0.05, 0) is 30.5 Å². The highest BCUT2D eigenvalue weighted by molar-refractivity contribution is 5.48. The fourth-order valence-corrected chi connectivity index (χ4v) is 2.11. The van der Waals surface area contributed by atoms with E-state index < -0.39 is 0 Å². The zero-order valence-electron chi connectivity index (χ0n) is 10.7. The van der Waals surface area contributed by atoms with Gasteiger partial charge >= 0.3 is 0 Å². The van der Waals surface area contributed by atoms with Crippen LogP contribution in [0.15, 0.2) is 24.3 Å². The summed E-state index contributed by atoms with van der Waals surface area (Å²) in [5.74, 6) is 0.411. The third-order valence-corrected chi connectivity index (χ3v) is 3.58. The molecule has 2 atom stereocenters. The lowest BCUT2D eigenvalue weighted by Crippen LogP contribution is -2.36. The van der Waals surface area contributed by atoms with E-state index in [4.69, 9.17) is 10.5 Å². The van der Waals surface area contributed by atoms with E-state index in [0.717, 1.165) is 26.3 Å². The van der Waals surface area contributed by atoms with E-state index in [9.17, 15) is 0 Å². The molecule has 0 aromatic heterocycles. The average Bonchev–Trinajstić information content (AvgIpc) is 2.39. The normalized spacial score (nSPS) is 20.1.